The number of carbonyl (C=O) groups is 4. The average molecular weight is 799 g/mol. The molecule has 0 aliphatic carbocycles. The molecule has 2 rings (SSSR count). The second-order valence-electron chi connectivity index (χ2n) is 16.8. The number of benzene rings is 1. The van der Waals surface area contributed by atoms with Crippen LogP contribution in [0.5, 0.6) is 5.75 Å². The normalized spacial score (nSPS) is 18.9. The van der Waals surface area contributed by atoms with Gasteiger partial charge in [-0.25, -0.2) is 5.43 Å². The van der Waals surface area contributed by atoms with Crippen LogP contribution < -0.4 is 20.5 Å². The molecule has 8 atom stereocenters. The van der Waals surface area contributed by atoms with Gasteiger partial charge in [0.05, 0.1) is 18.1 Å². The molecule has 12 nitrogen and oxygen atoms in total. The summed E-state index contributed by atoms with van der Waals surface area (Å²) in [6.45, 7) is 27.8. The van der Waals surface area contributed by atoms with Gasteiger partial charge in [0.1, 0.15) is 30.0 Å². The third-order valence-corrected chi connectivity index (χ3v) is 15.2. The molecule has 13 heteroatoms. The number of esters is 1. The van der Waals surface area contributed by atoms with Crippen LogP contribution in [-0.4, -0.2) is 94.2 Å². The Morgan fingerprint density at radius 3 is 2.27 bits per heavy atom. The number of allylic oxidation sites excluding steroid dienone is 2. The number of methoxy groups -OCH3 is 2. The van der Waals surface area contributed by atoms with Crippen molar-refractivity contribution in [1.29, 1.82) is 0 Å². The van der Waals surface area contributed by atoms with Crippen LogP contribution in [0.25, 0.3) is 0 Å². The van der Waals surface area contributed by atoms with E-state index < -0.39 is 56.2 Å². The highest BCUT2D eigenvalue weighted by Gasteiger charge is 2.40. The smallest absolute Gasteiger partial charge is 0.325 e. The van der Waals surface area contributed by atoms with Crippen molar-refractivity contribution in [3.63, 3.8) is 0 Å². The van der Waals surface area contributed by atoms with Gasteiger partial charge in [0.15, 0.2) is 0 Å². The Hall–Kier alpha value is -3.78. The molecule has 1 aliphatic heterocycles. The van der Waals surface area contributed by atoms with E-state index in [0.717, 1.165) is 5.56 Å². The van der Waals surface area contributed by atoms with Gasteiger partial charge in [0.25, 0.3) is 5.91 Å². The minimum atomic E-state index is -2.17. The largest absolute Gasteiger partial charge is 0.543 e. The molecule has 0 spiro atoms. The molecule has 1 fully saturated rings. The van der Waals surface area contributed by atoms with Gasteiger partial charge in [-0.2, -0.15) is 0 Å². The van der Waals surface area contributed by atoms with Gasteiger partial charge in [0, 0.05) is 39.5 Å². The van der Waals surface area contributed by atoms with Crippen molar-refractivity contribution in [3.8, 4) is 5.75 Å². The van der Waals surface area contributed by atoms with Crippen LogP contribution in [-0.2, 0) is 39.8 Å². The molecule has 0 unspecified atom stereocenters. The third kappa shape index (κ3) is 14.0. The Morgan fingerprint density at radius 2 is 1.70 bits per heavy atom. The van der Waals surface area contributed by atoms with E-state index in [0.29, 0.717) is 31.6 Å². The lowest BCUT2D eigenvalue weighted by atomic mass is 9.87. The van der Waals surface area contributed by atoms with Crippen LogP contribution in [0.4, 0.5) is 0 Å². The molecule has 1 aliphatic rings. The Morgan fingerprint density at radius 1 is 1.02 bits per heavy atom. The monoisotopic (exact) mass is 798 g/mol. The second-order valence-corrected chi connectivity index (χ2v) is 21.5. The summed E-state index contributed by atoms with van der Waals surface area (Å²) >= 11 is 0. The fourth-order valence-electron chi connectivity index (χ4n) is 6.43. The Balaban J connectivity index is 2.42. The van der Waals surface area contributed by atoms with Gasteiger partial charge in [0.2, 0.25) is 20.1 Å². The van der Waals surface area contributed by atoms with E-state index in [-0.39, 0.29) is 41.4 Å². The maximum absolute atomic E-state index is 14.4. The first-order chi connectivity index (χ1) is 26.2. The predicted octanol–water partition coefficient (Wildman–Crippen LogP) is 6.29. The Labute approximate surface area is 337 Å². The topological polar surface area (TPSA) is 145 Å². The van der Waals surface area contributed by atoms with Crippen LogP contribution in [0.2, 0.25) is 18.1 Å². The van der Waals surface area contributed by atoms with Crippen LogP contribution in [0.1, 0.15) is 80.2 Å². The maximum atomic E-state index is 14.4. The van der Waals surface area contributed by atoms with Crippen molar-refractivity contribution in [3.05, 3.63) is 67.3 Å². The number of rotatable bonds is 21. The molecule has 0 aromatic heterocycles. The standard InChI is InChI=1S/C43H70N4O8Si/c1-15-17-24-36(52-11)30(6)38(53-12)31(7)39(48)45-37(28(3)4)40(49)44-35(27-32-21-18-22-33(26-32)55-56(13,14)43(8,9)10)41(50)47-25-19-23-34(46-47)42(51)54-29(5)20-16-2/h15-18,21-22,24,26,28-31,34-38,46H,1-2,19-20,23,25,27H2,3-14H3,(H,44,49)(H,45,48)/b24-17-/t29-,30+,31-,34+,35+,36+,37+,38-/m1/s1. The van der Waals surface area contributed by atoms with E-state index in [1.807, 2.05) is 51.1 Å². The predicted molar refractivity (Wildman–Crippen MR) is 224 cm³/mol. The molecule has 56 heavy (non-hydrogen) atoms. The first-order valence-corrected chi connectivity index (χ1v) is 22.7. The maximum Gasteiger partial charge on any atom is 0.325 e. The molecule has 3 amide bonds. The zero-order chi connectivity index (χ0) is 42.4. The number of carbonyl (C=O) groups excluding carboxylic acids is 4. The minimum Gasteiger partial charge on any atom is -0.543 e. The number of hydrazine groups is 1. The number of nitrogens with one attached hydrogen (secondary N) is 3. The van der Waals surface area contributed by atoms with Gasteiger partial charge >= 0.3 is 5.97 Å². The second kappa shape index (κ2) is 22.2. The van der Waals surface area contributed by atoms with Crippen LogP contribution in [0.15, 0.2) is 61.7 Å². The molecular formula is C43H70N4O8Si. The van der Waals surface area contributed by atoms with Crippen molar-refractivity contribution in [2.45, 2.75) is 136 Å². The van der Waals surface area contributed by atoms with Gasteiger partial charge in [-0.05, 0) is 61.5 Å². The molecule has 314 valence electrons. The van der Waals surface area contributed by atoms with Crippen molar-refractivity contribution < 1.29 is 37.8 Å². The van der Waals surface area contributed by atoms with Gasteiger partial charge < -0.3 is 29.3 Å². The van der Waals surface area contributed by atoms with Crippen molar-refractivity contribution >= 4 is 32.0 Å². The molecular weight excluding hydrogens is 729 g/mol. The number of ether oxygens (including phenoxy) is 3. The Kier molecular flexibility index (Phi) is 19.2. The number of hydrogen-bond acceptors (Lipinski definition) is 9. The lowest BCUT2D eigenvalue weighted by Crippen LogP contribution is -2.62. The summed E-state index contributed by atoms with van der Waals surface area (Å²) < 4.78 is 23.6. The highest BCUT2D eigenvalue weighted by atomic mass is 28.4. The van der Waals surface area contributed by atoms with E-state index in [1.165, 1.54) is 5.01 Å². The van der Waals surface area contributed by atoms with E-state index in [1.54, 1.807) is 46.3 Å². The average Bonchev–Trinajstić information content (AvgIpc) is 3.13. The van der Waals surface area contributed by atoms with Crippen LogP contribution in [0, 0.1) is 17.8 Å². The fourth-order valence-corrected chi connectivity index (χ4v) is 7.46. The summed E-state index contributed by atoms with van der Waals surface area (Å²) in [5, 5.41) is 7.29. The molecule has 1 heterocycles. The summed E-state index contributed by atoms with van der Waals surface area (Å²) in [5.74, 6) is -2.25. The summed E-state index contributed by atoms with van der Waals surface area (Å²) in [5.41, 5.74) is 3.84. The van der Waals surface area contributed by atoms with Crippen LogP contribution in [0.3, 0.4) is 0 Å². The lowest BCUT2D eigenvalue weighted by Gasteiger charge is -2.37. The number of amides is 3. The van der Waals surface area contributed by atoms with Crippen molar-refractivity contribution in [2.24, 2.45) is 17.8 Å². The molecule has 3 N–H and O–H groups in total. The molecule has 1 saturated heterocycles. The zero-order valence-electron chi connectivity index (χ0n) is 36.0. The van der Waals surface area contributed by atoms with Crippen molar-refractivity contribution in [2.75, 3.05) is 20.8 Å². The lowest BCUT2D eigenvalue weighted by molar-refractivity contribution is -0.156. The van der Waals surface area contributed by atoms with E-state index in [2.05, 4.69) is 63.1 Å². The molecule has 1 aromatic rings. The van der Waals surface area contributed by atoms with Crippen molar-refractivity contribution in [1.82, 2.24) is 21.1 Å². The zero-order valence-corrected chi connectivity index (χ0v) is 37.0. The van der Waals surface area contributed by atoms with Gasteiger partial charge in [-0.3, -0.25) is 24.2 Å². The number of nitrogens with zero attached hydrogens (tertiary/aromatic N) is 1. The van der Waals surface area contributed by atoms with E-state index in [4.69, 9.17) is 18.6 Å². The highest BCUT2D eigenvalue weighted by Crippen LogP contribution is 2.37. The minimum absolute atomic E-state index is 0.0281. The Bertz CT molecular complexity index is 1510. The molecule has 0 bridgehead atoms. The highest BCUT2D eigenvalue weighted by molar-refractivity contribution is 6.74. The fraction of sp³-hybridized carbons (Fsp3) is 0.628. The molecule has 0 radical (unpaired) electrons. The first kappa shape index (κ1) is 48.4. The summed E-state index contributed by atoms with van der Waals surface area (Å²) in [7, 11) is 0.968. The van der Waals surface area contributed by atoms with Crippen LogP contribution >= 0.6 is 0 Å². The quantitative estimate of drug-likeness (QED) is 0.0566. The van der Waals surface area contributed by atoms with Gasteiger partial charge in [-0.1, -0.05) is 91.5 Å². The SMILES string of the molecule is C=C/C=C\[C@H](OC)[C@H](C)[C@@H](OC)[C@@H](C)C(=O)N[C@H](C(=O)N[C@@H](Cc1cccc(O[Si](C)(C)C(C)(C)C)c1)C(=O)N1CCC[C@@H](C(=O)O[C@H](C)CC=C)N1)C(C)C. The summed E-state index contributed by atoms with van der Waals surface area (Å²) in [6.07, 6.45) is 7.44. The summed E-state index contributed by atoms with van der Waals surface area (Å²) in [6, 6.07) is 4.83. The third-order valence-electron chi connectivity index (χ3n) is 10.9. The summed E-state index contributed by atoms with van der Waals surface area (Å²) in [4.78, 5) is 55.5. The number of hydrogen-bond donors (Lipinski definition) is 3. The first-order valence-electron chi connectivity index (χ1n) is 19.8. The van der Waals surface area contributed by atoms with E-state index in [9.17, 15) is 19.2 Å². The van der Waals surface area contributed by atoms with Gasteiger partial charge in [-0.15, -0.1) is 6.58 Å². The van der Waals surface area contributed by atoms with E-state index >= 15 is 0 Å². The molecule has 1 aromatic carbocycles. The molecule has 0 saturated carbocycles.